The zero-order chi connectivity index (χ0) is 15.1. The normalized spacial score (nSPS) is 14.1. The summed E-state index contributed by atoms with van der Waals surface area (Å²) in [5.74, 6) is -0.382. The average molecular weight is 399 g/mol. The maximum Gasteiger partial charge on any atom is 0.414 e. The average Bonchev–Trinajstić information content (AvgIpc) is 2.77. The van der Waals surface area contributed by atoms with E-state index in [9.17, 15) is 9.59 Å². The molecule has 2 aromatic heterocycles. The molecule has 0 atom stereocenters. The minimum absolute atomic E-state index is 0.134. The Morgan fingerprint density at radius 2 is 2.29 bits per heavy atom. The Morgan fingerprint density at radius 3 is 2.95 bits per heavy atom. The van der Waals surface area contributed by atoms with Crippen LogP contribution in [0.4, 0.5) is 10.7 Å². The molecule has 0 saturated heterocycles. The van der Waals surface area contributed by atoms with E-state index >= 15 is 0 Å². The van der Waals surface area contributed by atoms with Gasteiger partial charge in [0.05, 0.1) is 20.5 Å². The smallest absolute Gasteiger partial charge is 0.414 e. The second-order valence-electron chi connectivity index (χ2n) is 4.46. The lowest BCUT2D eigenvalue weighted by atomic mass is 10.1. The quantitative estimate of drug-likeness (QED) is 0.622. The van der Waals surface area contributed by atoms with Crippen molar-refractivity contribution in [3.63, 3.8) is 0 Å². The van der Waals surface area contributed by atoms with Crippen LogP contribution < -0.4 is 5.73 Å². The minimum atomic E-state index is -1.24. The molecule has 108 valence electrons. The third-order valence-corrected chi connectivity index (χ3v) is 4.30. The van der Waals surface area contributed by atoms with E-state index in [1.54, 1.807) is 6.07 Å². The predicted molar refractivity (Wildman–Crippen MR) is 81.7 cm³/mol. The van der Waals surface area contributed by atoms with Gasteiger partial charge in [-0.05, 0) is 28.7 Å². The summed E-state index contributed by atoms with van der Waals surface area (Å²) in [5, 5.41) is 9.04. The fourth-order valence-corrected chi connectivity index (χ4v) is 3.24. The van der Waals surface area contributed by atoms with Gasteiger partial charge in [0.1, 0.15) is 0 Å². The summed E-state index contributed by atoms with van der Waals surface area (Å²) in [7, 11) is 0. The van der Waals surface area contributed by atoms with Crippen molar-refractivity contribution in [2.75, 3.05) is 12.3 Å². The van der Waals surface area contributed by atoms with Crippen molar-refractivity contribution in [1.82, 2.24) is 19.9 Å². The largest absolute Gasteiger partial charge is 0.465 e. The molecule has 3 rings (SSSR count). The van der Waals surface area contributed by atoms with Gasteiger partial charge in [-0.2, -0.15) is 0 Å². The summed E-state index contributed by atoms with van der Waals surface area (Å²) >= 11 is 2.01. The first-order valence-electron chi connectivity index (χ1n) is 6.03. The van der Waals surface area contributed by atoms with Crippen LogP contribution >= 0.6 is 22.6 Å². The molecule has 0 spiro atoms. The molecule has 0 fully saturated rings. The monoisotopic (exact) mass is 399 g/mol. The van der Waals surface area contributed by atoms with Gasteiger partial charge < -0.3 is 15.8 Å². The molecule has 3 heterocycles. The number of rotatable bonds is 1. The molecular weight excluding hydrogens is 389 g/mol. The highest BCUT2D eigenvalue weighted by atomic mass is 127. The molecule has 1 aliphatic rings. The SMILES string of the molecule is Nc1nccc(-c2[nH]c3c(c2I)C(=O)N(C(=O)O)CC3)n1. The summed E-state index contributed by atoms with van der Waals surface area (Å²) in [4.78, 5) is 35.2. The lowest BCUT2D eigenvalue weighted by molar-refractivity contribution is 0.0726. The van der Waals surface area contributed by atoms with Gasteiger partial charge in [0.15, 0.2) is 0 Å². The second kappa shape index (κ2) is 4.98. The number of carbonyl (C=O) groups excluding carboxylic acids is 1. The Kier molecular flexibility index (Phi) is 3.27. The number of carbonyl (C=O) groups is 2. The summed E-state index contributed by atoms with van der Waals surface area (Å²) in [6, 6.07) is 1.68. The number of amides is 2. The van der Waals surface area contributed by atoms with Gasteiger partial charge in [0, 0.05) is 24.9 Å². The third kappa shape index (κ3) is 2.22. The number of nitrogen functional groups attached to an aromatic ring is 1. The number of nitrogens with two attached hydrogens (primary N) is 1. The predicted octanol–water partition coefficient (Wildman–Crippen LogP) is 1.33. The Labute approximate surface area is 132 Å². The van der Waals surface area contributed by atoms with E-state index < -0.39 is 12.0 Å². The van der Waals surface area contributed by atoms with E-state index in [1.165, 1.54) is 6.20 Å². The van der Waals surface area contributed by atoms with Gasteiger partial charge in [0.2, 0.25) is 5.95 Å². The fraction of sp³-hybridized carbons (Fsp3) is 0.167. The topological polar surface area (TPSA) is 125 Å². The zero-order valence-electron chi connectivity index (χ0n) is 10.6. The van der Waals surface area contributed by atoms with Crippen molar-refractivity contribution in [2.24, 2.45) is 0 Å². The van der Waals surface area contributed by atoms with Gasteiger partial charge >= 0.3 is 6.09 Å². The summed E-state index contributed by atoms with van der Waals surface area (Å²) in [5.41, 5.74) is 7.88. The molecule has 2 aromatic rings. The number of aromatic nitrogens is 3. The molecule has 0 aromatic carbocycles. The van der Waals surface area contributed by atoms with E-state index in [0.29, 0.717) is 32.6 Å². The number of aromatic amines is 1. The maximum absolute atomic E-state index is 12.3. The van der Waals surface area contributed by atoms with Crippen LogP contribution in [0.5, 0.6) is 0 Å². The van der Waals surface area contributed by atoms with Gasteiger partial charge in [-0.15, -0.1) is 0 Å². The maximum atomic E-state index is 12.3. The number of imide groups is 1. The molecule has 21 heavy (non-hydrogen) atoms. The molecule has 0 bridgehead atoms. The number of hydrogen-bond acceptors (Lipinski definition) is 5. The molecule has 4 N–H and O–H groups in total. The zero-order valence-corrected chi connectivity index (χ0v) is 12.8. The van der Waals surface area contributed by atoms with E-state index in [-0.39, 0.29) is 12.5 Å². The fourth-order valence-electron chi connectivity index (χ4n) is 2.27. The summed E-state index contributed by atoms with van der Waals surface area (Å²) in [6.45, 7) is 0.142. The molecule has 1 aliphatic heterocycles. The Morgan fingerprint density at radius 1 is 1.52 bits per heavy atom. The molecular formula is C12H10IN5O3. The van der Waals surface area contributed by atoms with Crippen LogP contribution in [-0.2, 0) is 6.42 Å². The first kappa shape index (κ1) is 13.8. The van der Waals surface area contributed by atoms with Crippen LogP contribution in [0.15, 0.2) is 12.3 Å². The van der Waals surface area contributed by atoms with Crippen molar-refractivity contribution in [1.29, 1.82) is 0 Å². The molecule has 2 amide bonds. The van der Waals surface area contributed by atoms with Crippen LogP contribution in [0.2, 0.25) is 0 Å². The number of fused-ring (bicyclic) bond motifs is 1. The highest BCUT2D eigenvalue weighted by Gasteiger charge is 2.33. The lowest BCUT2D eigenvalue weighted by Crippen LogP contribution is -2.41. The highest BCUT2D eigenvalue weighted by molar-refractivity contribution is 14.1. The molecule has 9 heteroatoms. The number of nitrogens with one attached hydrogen (secondary N) is 1. The van der Waals surface area contributed by atoms with E-state index in [0.717, 1.165) is 4.90 Å². The first-order chi connectivity index (χ1) is 9.99. The number of halogens is 1. The molecule has 0 aliphatic carbocycles. The second-order valence-corrected chi connectivity index (χ2v) is 5.54. The lowest BCUT2D eigenvalue weighted by Gasteiger charge is -2.22. The van der Waals surface area contributed by atoms with Crippen molar-refractivity contribution in [2.45, 2.75) is 6.42 Å². The van der Waals surface area contributed by atoms with E-state index in [1.807, 2.05) is 22.6 Å². The Bertz CT molecular complexity index is 757. The van der Waals surface area contributed by atoms with E-state index in [4.69, 9.17) is 10.8 Å². The van der Waals surface area contributed by atoms with Crippen LogP contribution in [0, 0.1) is 3.57 Å². The van der Waals surface area contributed by atoms with Crippen LogP contribution in [0.1, 0.15) is 16.1 Å². The number of carboxylic acid groups (broad SMARTS) is 1. The Balaban J connectivity index is 2.11. The molecule has 0 radical (unpaired) electrons. The minimum Gasteiger partial charge on any atom is -0.465 e. The molecule has 0 saturated carbocycles. The van der Waals surface area contributed by atoms with Crippen LogP contribution in [0.25, 0.3) is 11.4 Å². The van der Waals surface area contributed by atoms with Gasteiger partial charge in [-0.1, -0.05) is 0 Å². The Hall–Kier alpha value is -2.17. The van der Waals surface area contributed by atoms with E-state index in [2.05, 4.69) is 15.0 Å². The summed E-state index contributed by atoms with van der Waals surface area (Å²) in [6.07, 6.45) is 0.735. The van der Waals surface area contributed by atoms with Crippen molar-refractivity contribution >= 4 is 40.5 Å². The van der Waals surface area contributed by atoms with Crippen LogP contribution in [-0.4, -0.2) is 43.5 Å². The molecule has 8 nitrogen and oxygen atoms in total. The first-order valence-corrected chi connectivity index (χ1v) is 7.11. The number of hydrogen-bond donors (Lipinski definition) is 3. The molecule has 0 unspecified atom stereocenters. The summed E-state index contributed by atoms with van der Waals surface area (Å²) < 4.78 is 0.636. The number of H-pyrrole nitrogens is 1. The third-order valence-electron chi connectivity index (χ3n) is 3.22. The van der Waals surface area contributed by atoms with Crippen molar-refractivity contribution in [3.05, 3.63) is 27.1 Å². The van der Waals surface area contributed by atoms with Gasteiger partial charge in [0.25, 0.3) is 5.91 Å². The van der Waals surface area contributed by atoms with Crippen molar-refractivity contribution in [3.8, 4) is 11.4 Å². The van der Waals surface area contributed by atoms with Gasteiger partial charge in [-0.3, -0.25) is 4.79 Å². The number of nitrogens with zero attached hydrogens (tertiary/aromatic N) is 3. The van der Waals surface area contributed by atoms with Gasteiger partial charge in [-0.25, -0.2) is 19.7 Å². The van der Waals surface area contributed by atoms with Crippen LogP contribution in [0.3, 0.4) is 0 Å². The number of anilines is 1. The van der Waals surface area contributed by atoms with Crippen molar-refractivity contribution < 1.29 is 14.7 Å². The standard InChI is InChI=1S/C12H10IN5O3/c13-8-7-5(2-4-18(10(7)19)12(20)21)16-9(8)6-1-3-15-11(14)17-6/h1,3,16H,2,4H2,(H,20,21)(H2,14,15,17). The highest BCUT2D eigenvalue weighted by Crippen LogP contribution is 2.32.